The second-order valence-electron chi connectivity index (χ2n) is 8.52. The van der Waals surface area contributed by atoms with Crippen molar-refractivity contribution in [2.75, 3.05) is 32.0 Å². The molecule has 1 saturated heterocycles. The van der Waals surface area contributed by atoms with Gasteiger partial charge < -0.3 is 15.0 Å². The van der Waals surface area contributed by atoms with Crippen LogP contribution in [0.15, 0.2) is 24.3 Å². The molecule has 3 N–H and O–H groups in total. The van der Waals surface area contributed by atoms with E-state index >= 15 is 0 Å². The molecule has 2 heterocycles. The van der Waals surface area contributed by atoms with Gasteiger partial charge in [-0.05, 0) is 50.5 Å². The Morgan fingerprint density at radius 3 is 2.52 bits per heavy atom. The van der Waals surface area contributed by atoms with Gasteiger partial charge in [-0.1, -0.05) is 12.1 Å². The highest BCUT2D eigenvalue weighted by Gasteiger charge is 2.28. The van der Waals surface area contributed by atoms with Gasteiger partial charge in [0.15, 0.2) is 0 Å². The summed E-state index contributed by atoms with van der Waals surface area (Å²) in [5.74, 6) is -0.294. The minimum Gasteiger partial charge on any atom is -0.444 e. The van der Waals surface area contributed by atoms with Crippen LogP contribution in [-0.4, -0.2) is 65.9 Å². The highest BCUT2D eigenvalue weighted by atomic mass is 16.6. The number of carbonyl (C=O) groups excluding carboxylic acids is 3. The Morgan fingerprint density at radius 1 is 1.19 bits per heavy atom. The molecule has 9 nitrogen and oxygen atoms in total. The molecule has 31 heavy (non-hydrogen) atoms. The third-order valence-electron chi connectivity index (χ3n) is 5.10. The Morgan fingerprint density at radius 2 is 1.94 bits per heavy atom. The van der Waals surface area contributed by atoms with Crippen molar-refractivity contribution in [3.63, 3.8) is 0 Å². The van der Waals surface area contributed by atoms with Crippen molar-refractivity contribution in [1.82, 2.24) is 15.1 Å². The molecule has 0 aromatic heterocycles. The van der Waals surface area contributed by atoms with Crippen molar-refractivity contribution in [2.45, 2.75) is 39.2 Å². The zero-order valence-corrected chi connectivity index (χ0v) is 18.4. The molecule has 0 atom stereocenters. The number of amidine groups is 1. The Labute approximate surface area is 181 Å². The molecule has 2 aliphatic rings. The summed E-state index contributed by atoms with van der Waals surface area (Å²) in [4.78, 5) is 38.7. The molecule has 0 spiro atoms. The van der Waals surface area contributed by atoms with Crippen LogP contribution >= 0.6 is 0 Å². The lowest BCUT2D eigenvalue weighted by molar-refractivity contribution is -0.121. The first-order valence-electron chi connectivity index (χ1n) is 10.3. The molecule has 0 saturated carbocycles. The lowest BCUT2D eigenvalue weighted by atomic mass is 9.97. The van der Waals surface area contributed by atoms with Crippen LogP contribution in [0.25, 0.3) is 5.57 Å². The molecule has 9 heteroatoms. The molecule has 1 fully saturated rings. The van der Waals surface area contributed by atoms with Crippen LogP contribution in [0, 0.1) is 5.41 Å². The number of rotatable bonds is 3. The lowest BCUT2D eigenvalue weighted by Gasteiger charge is -2.30. The summed E-state index contributed by atoms with van der Waals surface area (Å²) in [5.41, 5.74) is 2.85. The van der Waals surface area contributed by atoms with E-state index in [1.165, 1.54) is 4.90 Å². The Balaban J connectivity index is 1.74. The molecular formula is C22H29N5O4. The topological polar surface area (TPSA) is 115 Å². The molecule has 1 aromatic rings. The number of anilines is 1. The number of ether oxygens (including phenoxy) is 1. The van der Waals surface area contributed by atoms with E-state index in [-0.39, 0.29) is 30.8 Å². The number of urea groups is 1. The first-order chi connectivity index (χ1) is 14.6. The van der Waals surface area contributed by atoms with E-state index < -0.39 is 11.6 Å². The summed E-state index contributed by atoms with van der Waals surface area (Å²) >= 11 is 0. The van der Waals surface area contributed by atoms with Crippen molar-refractivity contribution in [3.05, 3.63) is 35.4 Å². The first kappa shape index (κ1) is 22.3. The Bertz CT molecular complexity index is 948. The van der Waals surface area contributed by atoms with Crippen molar-refractivity contribution in [2.24, 2.45) is 0 Å². The molecule has 1 aromatic carbocycles. The number of carbonyl (C=O) groups is 3. The second kappa shape index (κ2) is 8.79. The minimum atomic E-state index is -0.579. The van der Waals surface area contributed by atoms with E-state index in [4.69, 9.17) is 10.1 Å². The summed E-state index contributed by atoms with van der Waals surface area (Å²) in [5, 5.41) is 13.8. The van der Waals surface area contributed by atoms with Crippen molar-refractivity contribution in [1.29, 1.82) is 5.41 Å². The van der Waals surface area contributed by atoms with E-state index in [1.807, 2.05) is 39.0 Å². The highest BCUT2D eigenvalue weighted by Crippen LogP contribution is 2.28. The van der Waals surface area contributed by atoms with E-state index in [2.05, 4.69) is 10.6 Å². The van der Waals surface area contributed by atoms with Crippen molar-refractivity contribution < 1.29 is 19.1 Å². The van der Waals surface area contributed by atoms with E-state index in [0.717, 1.165) is 11.1 Å². The van der Waals surface area contributed by atoms with Gasteiger partial charge in [-0.25, -0.2) is 9.59 Å². The van der Waals surface area contributed by atoms with Gasteiger partial charge in [0, 0.05) is 44.4 Å². The molecule has 2 aliphatic heterocycles. The van der Waals surface area contributed by atoms with E-state index in [1.54, 1.807) is 18.0 Å². The lowest BCUT2D eigenvalue weighted by Crippen LogP contribution is -2.52. The predicted octanol–water partition coefficient (Wildman–Crippen LogP) is 3.02. The molecule has 166 valence electrons. The maximum absolute atomic E-state index is 12.3. The standard InChI is InChI=1S/C22H29N5O4/c1-22(2,3)31-21(30)26-10-7-14(8-11-26)15-5-6-16(17(13-15)24-4)19(23)27-12-9-18(28)25-20(27)29/h5-7,13,23-24H,8-12H2,1-4H3,(H,25,28,29). The number of nitrogens with zero attached hydrogens (tertiary/aromatic N) is 2. The summed E-state index contributed by atoms with van der Waals surface area (Å²) in [6, 6.07) is 5.07. The summed E-state index contributed by atoms with van der Waals surface area (Å²) in [7, 11) is 1.76. The van der Waals surface area contributed by atoms with Crippen LogP contribution in [0.1, 0.15) is 44.7 Å². The van der Waals surface area contributed by atoms with Crippen LogP contribution in [0.3, 0.4) is 0 Å². The third kappa shape index (κ3) is 5.22. The van der Waals surface area contributed by atoms with Gasteiger partial charge >= 0.3 is 12.1 Å². The van der Waals surface area contributed by atoms with Crippen molar-refractivity contribution >= 4 is 35.1 Å². The maximum atomic E-state index is 12.3. The molecule has 0 unspecified atom stereocenters. The Hall–Kier alpha value is -3.36. The quantitative estimate of drug-likeness (QED) is 0.507. The maximum Gasteiger partial charge on any atom is 0.410 e. The predicted molar refractivity (Wildman–Crippen MR) is 118 cm³/mol. The fraction of sp³-hybridized carbons (Fsp3) is 0.455. The van der Waals surface area contributed by atoms with Gasteiger partial charge in [-0.3, -0.25) is 20.4 Å². The van der Waals surface area contributed by atoms with Gasteiger partial charge in [0.25, 0.3) is 0 Å². The van der Waals surface area contributed by atoms with Crippen molar-refractivity contribution in [3.8, 4) is 0 Å². The average Bonchev–Trinajstić information content (AvgIpc) is 2.71. The molecule has 0 bridgehead atoms. The molecule has 4 amide bonds. The number of amides is 4. The molecule has 3 rings (SSSR count). The van der Waals surface area contributed by atoms with E-state index in [9.17, 15) is 14.4 Å². The van der Waals surface area contributed by atoms with Gasteiger partial charge in [0.2, 0.25) is 5.91 Å². The minimum absolute atomic E-state index is 0.0367. The third-order valence-corrected chi connectivity index (χ3v) is 5.10. The fourth-order valence-corrected chi connectivity index (χ4v) is 3.50. The van der Waals surface area contributed by atoms with Gasteiger partial charge in [0.1, 0.15) is 11.4 Å². The van der Waals surface area contributed by atoms with E-state index in [0.29, 0.717) is 30.8 Å². The number of nitrogens with one attached hydrogen (secondary N) is 3. The van der Waals surface area contributed by atoms with Crippen LogP contribution < -0.4 is 10.6 Å². The average molecular weight is 428 g/mol. The number of hydrogen-bond acceptors (Lipinski definition) is 6. The Kier molecular flexibility index (Phi) is 6.33. The van der Waals surface area contributed by atoms with Crippen LogP contribution in [0.5, 0.6) is 0 Å². The van der Waals surface area contributed by atoms with Crippen LogP contribution in [0.2, 0.25) is 0 Å². The van der Waals surface area contributed by atoms with Gasteiger partial charge in [0.05, 0.1) is 0 Å². The fourth-order valence-electron chi connectivity index (χ4n) is 3.50. The van der Waals surface area contributed by atoms with Gasteiger partial charge in [-0.2, -0.15) is 0 Å². The molecule has 0 aliphatic carbocycles. The number of hydrogen-bond donors (Lipinski definition) is 3. The molecule has 0 radical (unpaired) electrons. The smallest absolute Gasteiger partial charge is 0.410 e. The summed E-state index contributed by atoms with van der Waals surface area (Å²) in [6.45, 7) is 6.76. The largest absolute Gasteiger partial charge is 0.444 e. The second-order valence-corrected chi connectivity index (χ2v) is 8.52. The zero-order valence-electron chi connectivity index (χ0n) is 18.4. The van der Waals surface area contributed by atoms with Gasteiger partial charge in [-0.15, -0.1) is 0 Å². The summed E-state index contributed by atoms with van der Waals surface area (Å²) < 4.78 is 5.44. The SMILES string of the molecule is CNc1cc(C2=CCN(C(=O)OC(C)(C)C)CC2)ccc1C(=N)N1CCC(=O)NC1=O. The van der Waals surface area contributed by atoms with Crippen LogP contribution in [0.4, 0.5) is 15.3 Å². The monoisotopic (exact) mass is 427 g/mol. The normalized spacial score (nSPS) is 17.1. The molecular weight excluding hydrogens is 398 g/mol. The van der Waals surface area contributed by atoms with Crippen LogP contribution in [-0.2, 0) is 9.53 Å². The first-order valence-corrected chi connectivity index (χ1v) is 10.3. The number of benzene rings is 1. The zero-order chi connectivity index (χ0) is 22.8. The number of imide groups is 1. The highest BCUT2D eigenvalue weighted by molar-refractivity contribution is 6.12. The summed E-state index contributed by atoms with van der Waals surface area (Å²) in [6.07, 6.45) is 2.55.